The number of aryl methyl sites for hydroxylation is 1. The predicted octanol–water partition coefficient (Wildman–Crippen LogP) is 4.10. The van der Waals surface area contributed by atoms with Gasteiger partial charge in [-0.2, -0.15) is 0 Å². The van der Waals surface area contributed by atoms with Crippen LogP contribution >= 0.6 is 15.9 Å². The van der Waals surface area contributed by atoms with Gasteiger partial charge in [-0.25, -0.2) is 5.43 Å². The van der Waals surface area contributed by atoms with Gasteiger partial charge in [0.25, 0.3) is 0 Å². The van der Waals surface area contributed by atoms with Crippen molar-refractivity contribution >= 4 is 15.9 Å². The lowest BCUT2D eigenvalue weighted by atomic mass is 9.95. The van der Waals surface area contributed by atoms with Gasteiger partial charge >= 0.3 is 0 Å². The molecule has 0 radical (unpaired) electrons. The highest BCUT2D eigenvalue weighted by Gasteiger charge is 2.19. The van der Waals surface area contributed by atoms with Crippen LogP contribution in [-0.2, 0) is 0 Å². The lowest BCUT2D eigenvalue weighted by Gasteiger charge is -2.23. The monoisotopic (exact) mass is 348 g/mol. The maximum absolute atomic E-state index is 5.91. The fourth-order valence-corrected chi connectivity index (χ4v) is 2.73. The summed E-state index contributed by atoms with van der Waals surface area (Å²) < 4.78 is 6.95. The van der Waals surface area contributed by atoms with Crippen LogP contribution in [0.1, 0.15) is 36.6 Å². The number of rotatable bonds is 5. The highest BCUT2D eigenvalue weighted by atomic mass is 79.9. The zero-order valence-electron chi connectivity index (χ0n) is 12.6. The molecule has 112 valence electrons. The molecule has 2 aromatic carbocycles. The average molecular weight is 349 g/mol. The van der Waals surface area contributed by atoms with Crippen LogP contribution in [0.2, 0.25) is 0 Å². The molecule has 21 heavy (non-hydrogen) atoms. The number of benzene rings is 2. The molecule has 0 aliphatic heterocycles. The van der Waals surface area contributed by atoms with Gasteiger partial charge < -0.3 is 4.74 Å². The smallest absolute Gasteiger partial charge is 0.124 e. The van der Waals surface area contributed by atoms with E-state index in [9.17, 15) is 0 Å². The van der Waals surface area contributed by atoms with Crippen LogP contribution in [0.3, 0.4) is 0 Å². The van der Waals surface area contributed by atoms with Crippen LogP contribution in [0.5, 0.6) is 5.75 Å². The van der Waals surface area contributed by atoms with Crippen LogP contribution in [0.4, 0.5) is 0 Å². The molecule has 2 rings (SSSR count). The largest absolute Gasteiger partial charge is 0.491 e. The molecular weight excluding hydrogens is 328 g/mol. The summed E-state index contributed by atoms with van der Waals surface area (Å²) in [5.41, 5.74) is 6.26. The minimum atomic E-state index is -0.113. The van der Waals surface area contributed by atoms with E-state index >= 15 is 0 Å². The molecular formula is C17H21BrN2O. The fraction of sp³-hybridized carbons (Fsp3) is 0.294. The van der Waals surface area contributed by atoms with Gasteiger partial charge in [-0.3, -0.25) is 5.84 Å². The first-order valence-electron chi connectivity index (χ1n) is 7.00. The predicted molar refractivity (Wildman–Crippen MR) is 90.3 cm³/mol. The summed E-state index contributed by atoms with van der Waals surface area (Å²) >= 11 is 3.53. The molecule has 3 nitrogen and oxygen atoms in total. The number of nitrogens with two attached hydrogens (primary N) is 1. The van der Waals surface area contributed by atoms with Crippen molar-refractivity contribution in [2.45, 2.75) is 32.9 Å². The first-order chi connectivity index (χ1) is 10.0. The molecule has 0 fully saturated rings. The average Bonchev–Trinajstić information content (AvgIpc) is 2.44. The van der Waals surface area contributed by atoms with E-state index in [0.29, 0.717) is 0 Å². The first kappa shape index (κ1) is 16.0. The Kier molecular flexibility index (Phi) is 5.39. The van der Waals surface area contributed by atoms with Gasteiger partial charge in [0.15, 0.2) is 0 Å². The number of halogens is 1. The van der Waals surface area contributed by atoms with Gasteiger partial charge in [0.2, 0.25) is 0 Å². The molecule has 2 aromatic rings. The number of para-hydroxylation sites is 1. The van der Waals surface area contributed by atoms with Gasteiger partial charge in [-0.05, 0) is 50.1 Å². The van der Waals surface area contributed by atoms with E-state index in [1.54, 1.807) is 0 Å². The van der Waals surface area contributed by atoms with Crippen molar-refractivity contribution in [2.75, 3.05) is 0 Å². The Bertz CT molecular complexity index is 613. The maximum atomic E-state index is 5.91. The summed E-state index contributed by atoms with van der Waals surface area (Å²) in [5.74, 6) is 6.69. The number of ether oxygens (including phenoxy) is 1. The molecule has 0 amide bonds. The third-order valence-corrected chi connectivity index (χ3v) is 3.80. The Morgan fingerprint density at radius 2 is 1.81 bits per heavy atom. The van der Waals surface area contributed by atoms with Crippen LogP contribution < -0.4 is 16.0 Å². The molecule has 0 heterocycles. The Morgan fingerprint density at radius 1 is 1.10 bits per heavy atom. The minimum absolute atomic E-state index is 0.113. The molecule has 0 aromatic heterocycles. The first-order valence-corrected chi connectivity index (χ1v) is 7.80. The van der Waals surface area contributed by atoms with Gasteiger partial charge in [0.05, 0.1) is 12.1 Å². The van der Waals surface area contributed by atoms with Crippen molar-refractivity contribution in [2.24, 2.45) is 5.84 Å². The molecule has 3 N–H and O–H groups in total. The Balaban J connectivity index is 2.49. The normalized spacial score (nSPS) is 12.5. The lowest BCUT2D eigenvalue weighted by Crippen LogP contribution is -2.30. The zero-order chi connectivity index (χ0) is 15.4. The quantitative estimate of drug-likeness (QED) is 0.631. The van der Waals surface area contributed by atoms with Crippen molar-refractivity contribution in [3.63, 3.8) is 0 Å². The molecule has 4 heteroatoms. The van der Waals surface area contributed by atoms with Crippen LogP contribution in [0, 0.1) is 6.92 Å². The molecule has 0 aliphatic carbocycles. The van der Waals surface area contributed by atoms with Crippen LogP contribution in [0.25, 0.3) is 0 Å². The second-order valence-corrected chi connectivity index (χ2v) is 6.22. The molecule has 0 spiro atoms. The maximum Gasteiger partial charge on any atom is 0.124 e. The third-order valence-electron chi connectivity index (χ3n) is 3.31. The number of hydrogen-bond donors (Lipinski definition) is 2. The molecule has 0 saturated heterocycles. The van der Waals surface area contributed by atoms with Crippen LogP contribution in [0.15, 0.2) is 46.9 Å². The highest BCUT2D eigenvalue weighted by molar-refractivity contribution is 9.10. The van der Waals surface area contributed by atoms with Gasteiger partial charge in [-0.1, -0.05) is 40.2 Å². The summed E-state index contributed by atoms with van der Waals surface area (Å²) in [6.45, 7) is 6.12. The second-order valence-electron chi connectivity index (χ2n) is 5.31. The van der Waals surface area contributed by atoms with E-state index in [1.807, 2.05) is 44.2 Å². The van der Waals surface area contributed by atoms with Crippen molar-refractivity contribution < 1.29 is 4.74 Å². The Labute approximate surface area is 134 Å². The van der Waals surface area contributed by atoms with E-state index < -0.39 is 0 Å². The molecule has 0 saturated carbocycles. The van der Waals surface area contributed by atoms with Crippen molar-refractivity contribution in [1.29, 1.82) is 0 Å². The van der Waals surface area contributed by atoms with Crippen molar-refractivity contribution in [3.05, 3.63) is 63.6 Å². The van der Waals surface area contributed by atoms with E-state index in [2.05, 4.69) is 40.4 Å². The topological polar surface area (TPSA) is 47.3 Å². The summed E-state index contributed by atoms with van der Waals surface area (Å²) in [6, 6.07) is 14.1. The van der Waals surface area contributed by atoms with Crippen molar-refractivity contribution in [1.82, 2.24) is 5.43 Å². The molecule has 0 bridgehead atoms. The van der Waals surface area contributed by atoms with Gasteiger partial charge in [0.1, 0.15) is 5.75 Å². The van der Waals surface area contributed by atoms with Gasteiger partial charge in [-0.15, -0.1) is 0 Å². The molecule has 1 unspecified atom stereocenters. The third kappa shape index (κ3) is 3.84. The van der Waals surface area contributed by atoms with E-state index in [4.69, 9.17) is 10.6 Å². The van der Waals surface area contributed by atoms with Crippen molar-refractivity contribution in [3.8, 4) is 5.75 Å². The standard InChI is InChI=1S/C17H21BrN2O/c1-11(2)21-16-7-5-4-6-14(16)17(20-19)15-10-13(18)9-8-12(15)3/h4-11,17,20H,19H2,1-3H3. The summed E-state index contributed by atoms with van der Waals surface area (Å²) in [6.07, 6.45) is 0.119. The molecule has 1 atom stereocenters. The summed E-state index contributed by atoms with van der Waals surface area (Å²) in [7, 11) is 0. The lowest BCUT2D eigenvalue weighted by molar-refractivity contribution is 0.238. The number of hydrazine groups is 1. The zero-order valence-corrected chi connectivity index (χ0v) is 14.1. The van der Waals surface area contributed by atoms with Crippen LogP contribution in [-0.4, -0.2) is 6.10 Å². The number of nitrogens with one attached hydrogen (secondary N) is 1. The fourth-order valence-electron chi connectivity index (χ4n) is 2.35. The SMILES string of the molecule is Cc1ccc(Br)cc1C(NN)c1ccccc1OC(C)C. The summed E-state index contributed by atoms with van der Waals surface area (Å²) in [5, 5.41) is 0. The van der Waals surface area contributed by atoms with Gasteiger partial charge in [0, 0.05) is 10.0 Å². The molecule has 0 aliphatic rings. The second kappa shape index (κ2) is 7.07. The number of hydrogen-bond acceptors (Lipinski definition) is 3. The summed E-state index contributed by atoms with van der Waals surface area (Å²) in [4.78, 5) is 0. The Morgan fingerprint density at radius 3 is 2.48 bits per heavy atom. The van der Waals surface area contributed by atoms with E-state index in [-0.39, 0.29) is 12.1 Å². The van der Waals surface area contributed by atoms with E-state index in [0.717, 1.165) is 21.3 Å². The highest BCUT2D eigenvalue weighted by Crippen LogP contribution is 2.32. The van der Waals surface area contributed by atoms with E-state index in [1.165, 1.54) is 5.56 Å². The minimum Gasteiger partial charge on any atom is -0.491 e. The Hall–Kier alpha value is -1.36.